The van der Waals surface area contributed by atoms with E-state index in [1.165, 1.54) is 24.2 Å². The molecule has 2 aromatic carbocycles. The van der Waals surface area contributed by atoms with Gasteiger partial charge in [-0.05, 0) is 42.0 Å². The zero-order valence-electron chi connectivity index (χ0n) is 15.2. The van der Waals surface area contributed by atoms with Crippen LogP contribution in [-0.4, -0.2) is 27.5 Å². The van der Waals surface area contributed by atoms with Gasteiger partial charge in [-0.15, -0.1) is 0 Å². The summed E-state index contributed by atoms with van der Waals surface area (Å²) in [4.78, 5) is 11.1. The number of imidazole rings is 1. The highest BCUT2D eigenvalue weighted by atomic mass is 35.5. The van der Waals surface area contributed by atoms with E-state index in [1.54, 1.807) is 11.1 Å². The summed E-state index contributed by atoms with van der Waals surface area (Å²) in [7, 11) is 0. The highest BCUT2D eigenvalue weighted by molar-refractivity contribution is 6.33. The van der Waals surface area contributed by atoms with E-state index in [-0.39, 0.29) is 0 Å². The minimum atomic E-state index is 0.671. The summed E-state index contributed by atoms with van der Waals surface area (Å²) >= 11 is 6.37. The first kappa shape index (κ1) is 15.9. The molecule has 27 heavy (non-hydrogen) atoms. The Balaban J connectivity index is 1.28. The summed E-state index contributed by atoms with van der Waals surface area (Å²) in [6.45, 7) is 2.08. The fourth-order valence-electron chi connectivity index (χ4n) is 5.61. The first-order valence-corrected chi connectivity index (χ1v) is 10.3. The van der Waals surface area contributed by atoms with Gasteiger partial charge in [0.1, 0.15) is 5.82 Å². The first-order chi connectivity index (χ1) is 13.3. The third kappa shape index (κ3) is 2.41. The number of hydrogen-bond donors (Lipinski definition) is 1. The van der Waals surface area contributed by atoms with Crippen LogP contribution in [0, 0.1) is 0 Å². The molecule has 4 heteroatoms. The van der Waals surface area contributed by atoms with Gasteiger partial charge in [-0.1, -0.05) is 48.0 Å². The van der Waals surface area contributed by atoms with Crippen LogP contribution in [0.2, 0.25) is 5.02 Å². The normalized spacial score (nSPS) is 26.2. The molecule has 3 aliphatic rings. The van der Waals surface area contributed by atoms with Crippen molar-refractivity contribution in [3.63, 3.8) is 0 Å². The van der Waals surface area contributed by atoms with E-state index >= 15 is 0 Å². The molecule has 2 aliphatic carbocycles. The molecule has 3 atom stereocenters. The van der Waals surface area contributed by atoms with Gasteiger partial charge in [-0.25, -0.2) is 4.98 Å². The van der Waals surface area contributed by atoms with Crippen LogP contribution in [0.3, 0.4) is 0 Å². The summed E-state index contributed by atoms with van der Waals surface area (Å²) < 4.78 is 0. The van der Waals surface area contributed by atoms with Gasteiger partial charge in [-0.3, -0.25) is 4.90 Å². The highest BCUT2D eigenvalue weighted by Gasteiger charge is 2.46. The average molecular weight is 376 g/mol. The molecule has 1 aromatic heterocycles. The molecule has 1 N–H and O–H groups in total. The molecule has 3 nitrogen and oxygen atoms in total. The number of nitrogens with zero attached hydrogens (tertiary/aromatic N) is 2. The monoisotopic (exact) mass is 375 g/mol. The van der Waals surface area contributed by atoms with Crippen LogP contribution in [-0.2, 0) is 13.0 Å². The topological polar surface area (TPSA) is 31.9 Å². The van der Waals surface area contributed by atoms with E-state index in [4.69, 9.17) is 16.6 Å². The molecular formula is C23H22ClN3. The predicted molar refractivity (Wildman–Crippen MR) is 108 cm³/mol. The van der Waals surface area contributed by atoms with Gasteiger partial charge in [-0.2, -0.15) is 0 Å². The Morgan fingerprint density at radius 2 is 1.81 bits per heavy atom. The number of rotatable bonds is 2. The number of halogens is 1. The number of H-pyrrole nitrogens is 1. The Labute approximate surface area is 164 Å². The molecule has 2 heterocycles. The van der Waals surface area contributed by atoms with Crippen molar-refractivity contribution < 1.29 is 0 Å². The van der Waals surface area contributed by atoms with Crippen molar-refractivity contribution in [2.75, 3.05) is 6.54 Å². The van der Waals surface area contributed by atoms with Crippen LogP contribution in [0.1, 0.15) is 47.2 Å². The van der Waals surface area contributed by atoms with Crippen molar-refractivity contribution in [1.29, 1.82) is 0 Å². The van der Waals surface area contributed by atoms with E-state index in [0.717, 1.165) is 41.8 Å². The number of aromatic amines is 1. The fourth-order valence-corrected chi connectivity index (χ4v) is 5.83. The smallest absolute Gasteiger partial charge is 0.139 e. The molecule has 3 aromatic rings. The summed E-state index contributed by atoms with van der Waals surface area (Å²) in [5.41, 5.74) is 6.69. The van der Waals surface area contributed by atoms with Crippen LogP contribution >= 0.6 is 11.6 Å². The lowest BCUT2D eigenvalue weighted by atomic mass is 9.87. The third-order valence-corrected chi connectivity index (χ3v) is 7.15. The van der Waals surface area contributed by atoms with Crippen molar-refractivity contribution in [2.24, 2.45) is 0 Å². The fraction of sp³-hybridized carbons (Fsp3) is 0.348. The van der Waals surface area contributed by atoms with Gasteiger partial charge >= 0.3 is 0 Å². The molecule has 136 valence electrons. The van der Waals surface area contributed by atoms with E-state index in [2.05, 4.69) is 34.1 Å². The predicted octanol–water partition coefficient (Wildman–Crippen LogP) is 5.13. The maximum atomic E-state index is 6.37. The van der Waals surface area contributed by atoms with Crippen LogP contribution in [0.4, 0.5) is 0 Å². The third-order valence-electron chi connectivity index (χ3n) is 6.82. The summed E-state index contributed by atoms with van der Waals surface area (Å²) in [5, 5.41) is 0.755. The zero-order chi connectivity index (χ0) is 18.0. The number of benzene rings is 2. The van der Waals surface area contributed by atoms with Crippen LogP contribution in [0.15, 0.2) is 48.5 Å². The number of hydrogen-bond acceptors (Lipinski definition) is 2. The molecule has 0 spiro atoms. The molecule has 0 saturated heterocycles. The van der Waals surface area contributed by atoms with Crippen molar-refractivity contribution >= 4 is 11.6 Å². The maximum absolute atomic E-state index is 6.37. The van der Waals surface area contributed by atoms with E-state index in [9.17, 15) is 0 Å². The Morgan fingerprint density at radius 3 is 2.70 bits per heavy atom. The zero-order valence-corrected chi connectivity index (χ0v) is 15.9. The SMILES string of the molecule is Clc1ccccc1-c1nc2c([nH]1)CN(C1C[C@@H]3C[C@H]1c1ccccc13)CC2. The Bertz CT molecular complexity index is 1020. The second-order valence-electron chi connectivity index (χ2n) is 8.18. The van der Waals surface area contributed by atoms with Crippen molar-refractivity contribution in [3.05, 3.63) is 76.1 Å². The second-order valence-corrected chi connectivity index (χ2v) is 8.59. The van der Waals surface area contributed by atoms with Gasteiger partial charge in [0.15, 0.2) is 0 Å². The van der Waals surface area contributed by atoms with Crippen molar-refractivity contribution in [2.45, 2.75) is 43.7 Å². The van der Waals surface area contributed by atoms with E-state index in [0.29, 0.717) is 12.0 Å². The molecule has 2 bridgehead atoms. The molecule has 1 aliphatic heterocycles. The minimum Gasteiger partial charge on any atom is -0.340 e. The van der Waals surface area contributed by atoms with Crippen molar-refractivity contribution in [3.8, 4) is 11.4 Å². The van der Waals surface area contributed by atoms with Gasteiger partial charge in [0.2, 0.25) is 0 Å². The largest absolute Gasteiger partial charge is 0.340 e. The van der Waals surface area contributed by atoms with Gasteiger partial charge in [0.25, 0.3) is 0 Å². The summed E-state index contributed by atoms with van der Waals surface area (Å²) in [6.07, 6.45) is 3.66. The van der Waals surface area contributed by atoms with Gasteiger partial charge < -0.3 is 4.98 Å². The molecule has 1 saturated carbocycles. The van der Waals surface area contributed by atoms with Gasteiger partial charge in [0.05, 0.1) is 16.4 Å². The summed E-state index contributed by atoms with van der Waals surface area (Å²) in [6, 6.07) is 17.7. The lowest BCUT2D eigenvalue weighted by Crippen LogP contribution is -2.41. The van der Waals surface area contributed by atoms with Crippen LogP contribution in [0.25, 0.3) is 11.4 Å². The molecule has 6 rings (SSSR count). The second kappa shape index (κ2) is 5.95. The quantitative estimate of drug-likeness (QED) is 0.673. The Morgan fingerprint density at radius 1 is 1.00 bits per heavy atom. The van der Waals surface area contributed by atoms with E-state index in [1.807, 2.05) is 24.3 Å². The highest BCUT2D eigenvalue weighted by Crippen LogP contribution is 2.54. The van der Waals surface area contributed by atoms with E-state index < -0.39 is 0 Å². The van der Waals surface area contributed by atoms with Crippen LogP contribution < -0.4 is 0 Å². The molecular weight excluding hydrogens is 354 g/mol. The van der Waals surface area contributed by atoms with Gasteiger partial charge in [0, 0.05) is 37.0 Å². The number of nitrogens with one attached hydrogen (secondary N) is 1. The lowest BCUT2D eigenvalue weighted by Gasteiger charge is -2.37. The minimum absolute atomic E-state index is 0.671. The lowest BCUT2D eigenvalue weighted by molar-refractivity contribution is 0.160. The van der Waals surface area contributed by atoms with Crippen LogP contribution in [0.5, 0.6) is 0 Å². The average Bonchev–Trinajstić information content (AvgIpc) is 3.41. The summed E-state index contributed by atoms with van der Waals surface area (Å²) in [5.74, 6) is 2.38. The number of fused-ring (bicyclic) bond motifs is 6. The molecule has 1 unspecified atom stereocenters. The Hall–Kier alpha value is -2.10. The molecule has 0 amide bonds. The molecule has 0 radical (unpaired) electrons. The van der Waals surface area contributed by atoms with Crippen molar-refractivity contribution in [1.82, 2.24) is 14.9 Å². The standard InChI is InChI=1S/C23H22ClN3/c24-19-8-4-3-7-17(19)23-25-20-9-10-27(13-21(20)26-23)22-12-14-11-18(22)16-6-2-1-5-15(14)16/h1-8,14,18,22H,9-13H2,(H,25,26)/t14-,18-,22?/m0/s1. The first-order valence-electron chi connectivity index (χ1n) is 9.93. The number of aromatic nitrogens is 2. The maximum Gasteiger partial charge on any atom is 0.139 e. The Kier molecular flexibility index (Phi) is 3.51. The molecule has 1 fully saturated rings.